The van der Waals surface area contributed by atoms with Crippen LogP contribution in [0.25, 0.3) is 0 Å². The summed E-state index contributed by atoms with van der Waals surface area (Å²) >= 11 is 5.82. The van der Waals surface area contributed by atoms with Gasteiger partial charge in [0, 0.05) is 38.1 Å². The Kier molecular flexibility index (Phi) is 5.30. The zero-order valence-corrected chi connectivity index (χ0v) is 13.4. The van der Waals surface area contributed by atoms with Gasteiger partial charge in [-0.15, -0.1) is 0 Å². The van der Waals surface area contributed by atoms with Gasteiger partial charge in [0.25, 0.3) is 5.91 Å². The summed E-state index contributed by atoms with van der Waals surface area (Å²) in [5.74, 6) is 0.231. The van der Waals surface area contributed by atoms with E-state index in [1.165, 1.54) is 6.20 Å². The number of halogens is 1. The van der Waals surface area contributed by atoms with E-state index >= 15 is 0 Å². The number of nitrogens with zero attached hydrogens (tertiary/aromatic N) is 3. The number of ether oxygens (including phenoxy) is 1. The van der Waals surface area contributed by atoms with Gasteiger partial charge in [0.1, 0.15) is 0 Å². The summed E-state index contributed by atoms with van der Waals surface area (Å²) in [6.45, 7) is 0.229. The lowest BCUT2D eigenvalue weighted by Gasteiger charge is -2.14. The molecule has 6 nitrogen and oxygen atoms in total. The Labute approximate surface area is 134 Å². The molecule has 2 aromatic rings. The summed E-state index contributed by atoms with van der Waals surface area (Å²) in [6, 6.07) is 6.87. The molecule has 2 rings (SSSR count). The Morgan fingerprint density at radius 3 is 2.59 bits per heavy atom. The summed E-state index contributed by atoms with van der Waals surface area (Å²) < 4.78 is 5.11. The first-order valence-electron chi connectivity index (χ1n) is 6.60. The maximum atomic E-state index is 12.4. The van der Waals surface area contributed by atoms with E-state index in [0.29, 0.717) is 27.9 Å². The van der Waals surface area contributed by atoms with Gasteiger partial charge in [0.2, 0.25) is 5.95 Å². The van der Waals surface area contributed by atoms with Crippen LogP contribution in [0.15, 0.2) is 30.5 Å². The SMILES string of the molecule is COCc1nc(N(C)C)ncc1C(=O)Nc1ccc(Cl)cc1. The third-order valence-electron chi connectivity index (χ3n) is 2.88. The lowest BCUT2D eigenvalue weighted by molar-refractivity contribution is 0.102. The van der Waals surface area contributed by atoms with Gasteiger partial charge < -0.3 is 15.0 Å². The van der Waals surface area contributed by atoms with E-state index in [2.05, 4.69) is 15.3 Å². The van der Waals surface area contributed by atoms with E-state index in [0.717, 1.165) is 0 Å². The van der Waals surface area contributed by atoms with Crippen molar-refractivity contribution in [3.63, 3.8) is 0 Å². The average molecular weight is 321 g/mol. The van der Waals surface area contributed by atoms with Gasteiger partial charge in [-0.3, -0.25) is 4.79 Å². The number of methoxy groups -OCH3 is 1. The Morgan fingerprint density at radius 2 is 2.00 bits per heavy atom. The maximum absolute atomic E-state index is 12.4. The highest BCUT2D eigenvalue weighted by Gasteiger charge is 2.15. The van der Waals surface area contributed by atoms with Crippen molar-refractivity contribution in [1.82, 2.24) is 9.97 Å². The number of benzene rings is 1. The molecule has 116 valence electrons. The molecule has 0 spiro atoms. The number of carbonyl (C=O) groups is 1. The van der Waals surface area contributed by atoms with Crippen LogP contribution in [0.1, 0.15) is 16.1 Å². The van der Waals surface area contributed by atoms with E-state index in [1.807, 2.05) is 14.1 Å². The quantitative estimate of drug-likeness (QED) is 0.917. The van der Waals surface area contributed by atoms with Crippen LogP contribution in [0.2, 0.25) is 5.02 Å². The van der Waals surface area contributed by atoms with Gasteiger partial charge in [-0.05, 0) is 24.3 Å². The standard InChI is InChI=1S/C15H17ClN4O2/c1-20(2)15-17-8-12(13(19-15)9-22-3)14(21)18-11-6-4-10(16)5-7-11/h4-8H,9H2,1-3H3,(H,18,21). The van der Waals surface area contributed by atoms with Crippen molar-refractivity contribution in [2.24, 2.45) is 0 Å². The fourth-order valence-corrected chi connectivity index (χ4v) is 1.92. The molecular weight excluding hydrogens is 304 g/mol. The third-order valence-corrected chi connectivity index (χ3v) is 3.13. The summed E-state index contributed by atoms with van der Waals surface area (Å²) in [5, 5.41) is 3.39. The molecule has 1 aromatic heterocycles. The predicted octanol–water partition coefficient (Wildman–Crippen LogP) is 2.59. The second kappa shape index (κ2) is 7.20. The van der Waals surface area contributed by atoms with Crippen molar-refractivity contribution in [2.75, 3.05) is 31.4 Å². The van der Waals surface area contributed by atoms with Gasteiger partial charge in [-0.1, -0.05) is 11.6 Å². The van der Waals surface area contributed by atoms with Gasteiger partial charge in [-0.2, -0.15) is 0 Å². The topological polar surface area (TPSA) is 67.3 Å². The molecule has 0 radical (unpaired) electrons. The van der Waals surface area contributed by atoms with E-state index in [4.69, 9.17) is 16.3 Å². The minimum absolute atomic E-state index is 0.229. The maximum Gasteiger partial charge on any atom is 0.259 e. The molecule has 0 saturated heterocycles. The third kappa shape index (κ3) is 3.93. The smallest absolute Gasteiger partial charge is 0.259 e. The first kappa shape index (κ1) is 16.2. The Morgan fingerprint density at radius 1 is 1.32 bits per heavy atom. The fraction of sp³-hybridized carbons (Fsp3) is 0.267. The van der Waals surface area contributed by atoms with E-state index in [9.17, 15) is 4.79 Å². The predicted molar refractivity (Wildman–Crippen MR) is 86.5 cm³/mol. The summed E-state index contributed by atoms with van der Waals surface area (Å²) in [5.41, 5.74) is 1.56. The van der Waals surface area contributed by atoms with Gasteiger partial charge in [0.05, 0.1) is 17.9 Å². The highest BCUT2D eigenvalue weighted by Crippen LogP contribution is 2.16. The second-order valence-corrected chi connectivity index (χ2v) is 5.26. The van der Waals surface area contributed by atoms with E-state index in [-0.39, 0.29) is 12.5 Å². The summed E-state index contributed by atoms with van der Waals surface area (Å²) in [7, 11) is 5.22. The number of hydrogen-bond acceptors (Lipinski definition) is 5. The molecule has 22 heavy (non-hydrogen) atoms. The molecule has 0 atom stereocenters. The first-order chi connectivity index (χ1) is 10.5. The molecule has 0 aliphatic carbocycles. The molecule has 0 saturated carbocycles. The van der Waals surface area contributed by atoms with Crippen LogP contribution in [0.5, 0.6) is 0 Å². The highest BCUT2D eigenvalue weighted by molar-refractivity contribution is 6.30. The summed E-state index contributed by atoms with van der Waals surface area (Å²) in [4.78, 5) is 22.7. The molecule has 1 aromatic carbocycles. The number of hydrogen-bond donors (Lipinski definition) is 1. The van der Waals surface area contributed by atoms with Crippen LogP contribution in [0, 0.1) is 0 Å². The summed E-state index contributed by atoms with van der Waals surface area (Å²) in [6.07, 6.45) is 1.50. The highest BCUT2D eigenvalue weighted by atomic mass is 35.5. The Hall–Kier alpha value is -2.18. The molecule has 0 unspecified atom stereocenters. The van der Waals surface area contributed by atoms with Crippen molar-refractivity contribution in [3.8, 4) is 0 Å². The van der Waals surface area contributed by atoms with Gasteiger partial charge in [0.15, 0.2) is 0 Å². The lowest BCUT2D eigenvalue weighted by Crippen LogP contribution is -2.19. The minimum atomic E-state index is -0.292. The monoisotopic (exact) mass is 320 g/mol. The van der Waals surface area contributed by atoms with Crippen LogP contribution < -0.4 is 10.2 Å². The fourth-order valence-electron chi connectivity index (χ4n) is 1.79. The molecular formula is C15H17ClN4O2. The number of aromatic nitrogens is 2. The second-order valence-electron chi connectivity index (χ2n) is 4.82. The van der Waals surface area contributed by atoms with Crippen molar-refractivity contribution < 1.29 is 9.53 Å². The number of nitrogens with one attached hydrogen (secondary N) is 1. The molecule has 0 fully saturated rings. The van der Waals surface area contributed by atoms with Crippen molar-refractivity contribution in [1.29, 1.82) is 0 Å². The molecule has 0 aliphatic heterocycles. The molecule has 1 heterocycles. The number of amides is 1. The van der Waals surface area contributed by atoms with E-state index < -0.39 is 0 Å². The molecule has 0 bridgehead atoms. The van der Waals surface area contributed by atoms with Crippen molar-refractivity contribution in [3.05, 3.63) is 46.7 Å². The Bertz CT molecular complexity index is 659. The number of carbonyl (C=O) groups excluding carboxylic acids is 1. The molecule has 7 heteroatoms. The number of anilines is 2. The zero-order chi connectivity index (χ0) is 16.1. The number of rotatable bonds is 5. The van der Waals surface area contributed by atoms with Crippen LogP contribution in [0.3, 0.4) is 0 Å². The molecule has 0 aliphatic rings. The van der Waals surface area contributed by atoms with Crippen molar-refractivity contribution >= 4 is 29.1 Å². The van der Waals surface area contributed by atoms with Gasteiger partial charge in [-0.25, -0.2) is 9.97 Å². The van der Waals surface area contributed by atoms with Crippen LogP contribution in [-0.2, 0) is 11.3 Å². The van der Waals surface area contributed by atoms with Crippen LogP contribution in [-0.4, -0.2) is 37.1 Å². The van der Waals surface area contributed by atoms with Crippen molar-refractivity contribution in [2.45, 2.75) is 6.61 Å². The molecule has 1 N–H and O–H groups in total. The normalized spacial score (nSPS) is 10.4. The minimum Gasteiger partial charge on any atom is -0.378 e. The van der Waals surface area contributed by atoms with Gasteiger partial charge >= 0.3 is 0 Å². The Balaban J connectivity index is 2.26. The first-order valence-corrected chi connectivity index (χ1v) is 6.98. The average Bonchev–Trinajstić information content (AvgIpc) is 2.49. The zero-order valence-electron chi connectivity index (χ0n) is 12.6. The largest absolute Gasteiger partial charge is 0.378 e. The molecule has 1 amide bonds. The lowest BCUT2D eigenvalue weighted by atomic mass is 10.2. The van der Waals surface area contributed by atoms with Crippen LogP contribution in [0.4, 0.5) is 11.6 Å². The van der Waals surface area contributed by atoms with E-state index in [1.54, 1.807) is 36.3 Å². The van der Waals surface area contributed by atoms with Crippen LogP contribution >= 0.6 is 11.6 Å².